The smallest absolute Gasteiger partial charge is 0.224 e. The van der Waals surface area contributed by atoms with Crippen LogP contribution in [0.1, 0.15) is 12.8 Å². The molecule has 2 aromatic carbocycles. The number of nitrogens with zero attached hydrogens (tertiary/aromatic N) is 3. The van der Waals surface area contributed by atoms with Crippen LogP contribution in [0.5, 0.6) is 5.75 Å². The van der Waals surface area contributed by atoms with Crippen LogP contribution in [0.4, 0.5) is 5.69 Å². The summed E-state index contributed by atoms with van der Waals surface area (Å²) in [4.78, 5) is 14.7. The van der Waals surface area contributed by atoms with Crippen molar-refractivity contribution in [2.45, 2.75) is 25.4 Å². The number of carbonyl (C=O) groups is 1. The molecule has 0 bridgehead atoms. The van der Waals surface area contributed by atoms with Crippen molar-refractivity contribution >= 4 is 23.8 Å². The number of likely N-dealkylation sites (tertiary alicyclic amines) is 1. The van der Waals surface area contributed by atoms with E-state index in [-0.39, 0.29) is 11.9 Å². The van der Waals surface area contributed by atoms with Crippen LogP contribution in [0.25, 0.3) is 11.4 Å². The molecule has 7 nitrogen and oxygen atoms in total. The zero-order valence-electron chi connectivity index (χ0n) is 16.9. The molecule has 1 aromatic heterocycles. The van der Waals surface area contributed by atoms with E-state index in [0.29, 0.717) is 17.7 Å². The lowest BCUT2D eigenvalue weighted by molar-refractivity contribution is -0.130. The Morgan fingerprint density at radius 3 is 2.73 bits per heavy atom. The molecule has 1 saturated heterocycles. The summed E-state index contributed by atoms with van der Waals surface area (Å²) in [6, 6.07) is 18.0. The Bertz CT molecular complexity index is 1050. The van der Waals surface area contributed by atoms with Crippen LogP contribution in [0.15, 0.2) is 54.6 Å². The first kappa shape index (κ1) is 20.2. The van der Waals surface area contributed by atoms with Crippen LogP contribution in [0, 0.1) is 4.77 Å². The van der Waals surface area contributed by atoms with Crippen molar-refractivity contribution in [3.8, 4) is 17.1 Å². The van der Waals surface area contributed by atoms with Gasteiger partial charge in [-0.2, -0.15) is 5.10 Å². The second kappa shape index (κ2) is 9.13. The van der Waals surface area contributed by atoms with Crippen molar-refractivity contribution < 1.29 is 9.53 Å². The van der Waals surface area contributed by atoms with Gasteiger partial charge in [-0.1, -0.05) is 18.2 Å². The number of aromatic nitrogens is 3. The van der Waals surface area contributed by atoms with Crippen LogP contribution >= 0.6 is 12.2 Å². The standard InChI is InChI=1S/C22H25N5O2S/c1-29-19-9-7-16(8-10-19)21-24-25-22(30)27(21)14-12-20(28)26-13-11-18(15-26)23-17-5-3-2-4-6-17/h2-10,18,23H,11-15H2,1H3,(H,25,30). The fraction of sp³-hybridized carbons (Fsp3) is 0.318. The molecule has 30 heavy (non-hydrogen) atoms. The number of carbonyl (C=O) groups excluding carboxylic acids is 1. The van der Waals surface area contributed by atoms with Crippen LogP contribution in [0.2, 0.25) is 0 Å². The Labute approximate surface area is 180 Å². The Morgan fingerprint density at radius 1 is 1.23 bits per heavy atom. The molecule has 0 radical (unpaired) electrons. The van der Waals surface area contributed by atoms with Gasteiger partial charge < -0.3 is 15.0 Å². The number of rotatable bonds is 7. The number of H-pyrrole nitrogens is 1. The highest BCUT2D eigenvalue weighted by Crippen LogP contribution is 2.22. The van der Waals surface area contributed by atoms with Crippen molar-refractivity contribution in [1.82, 2.24) is 19.7 Å². The number of hydrogen-bond acceptors (Lipinski definition) is 5. The third-order valence-corrected chi connectivity index (χ3v) is 5.65. The zero-order chi connectivity index (χ0) is 20.9. The van der Waals surface area contributed by atoms with Crippen molar-refractivity contribution in [3.05, 3.63) is 59.4 Å². The van der Waals surface area contributed by atoms with Gasteiger partial charge in [0.1, 0.15) is 5.75 Å². The molecule has 8 heteroatoms. The molecular weight excluding hydrogens is 398 g/mol. The fourth-order valence-electron chi connectivity index (χ4n) is 3.73. The van der Waals surface area contributed by atoms with Gasteiger partial charge in [0.25, 0.3) is 0 Å². The van der Waals surface area contributed by atoms with Gasteiger partial charge in [0.05, 0.1) is 7.11 Å². The molecule has 4 rings (SSSR count). The maximum atomic E-state index is 12.8. The largest absolute Gasteiger partial charge is 0.497 e. The number of amides is 1. The number of hydrogen-bond donors (Lipinski definition) is 2. The summed E-state index contributed by atoms with van der Waals surface area (Å²) >= 11 is 5.39. The van der Waals surface area contributed by atoms with Crippen molar-refractivity contribution in [2.24, 2.45) is 0 Å². The molecule has 0 spiro atoms. The molecule has 0 saturated carbocycles. The molecule has 1 aliphatic rings. The first-order valence-corrected chi connectivity index (χ1v) is 10.4. The van der Waals surface area contributed by atoms with E-state index in [2.05, 4.69) is 15.5 Å². The number of aromatic amines is 1. The van der Waals surface area contributed by atoms with E-state index in [0.717, 1.165) is 42.3 Å². The van der Waals surface area contributed by atoms with E-state index < -0.39 is 0 Å². The van der Waals surface area contributed by atoms with E-state index in [9.17, 15) is 4.79 Å². The second-order valence-electron chi connectivity index (χ2n) is 7.32. The van der Waals surface area contributed by atoms with Gasteiger partial charge in [-0.05, 0) is 55.0 Å². The Morgan fingerprint density at radius 2 is 2.00 bits per heavy atom. The van der Waals surface area contributed by atoms with Crippen LogP contribution < -0.4 is 10.1 Å². The Balaban J connectivity index is 1.36. The number of anilines is 1. The van der Waals surface area contributed by atoms with Gasteiger partial charge in [0.2, 0.25) is 5.91 Å². The first-order chi connectivity index (χ1) is 14.6. The third-order valence-electron chi connectivity index (χ3n) is 5.34. The molecule has 2 heterocycles. The lowest BCUT2D eigenvalue weighted by Gasteiger charge is -2.18. The summed E-state index contributed by atoms with van der Waals surface area (Å²) in [6.45, 7) is 1.98. The minimum absolute atomic E-state index is 0.135. The number of nitrogens with one attached hydrogen (secondary N) is 2. The van der Waals surface area contributed by atoms with Crippen molar-refractivity contribution in [2.75, 3.05) is 25.5 Å². The van der Waals surface area contributed by atoms with Gasteiger partial charge in [-0.15, -0.1) is 0 Å². The topological polar surface area (TPSA) is 75.2 Å². The van der Waals surface area contributed by atoms with E-state index in [1.54, 1.807) is 7.11 Å². The molecule has 156 valence electrons. The third kappa shape index (κ3) is 4.54. The highest BCUT2D eigenvalue weighted by Gasteiger charge is 2.26. The van der Waals surface area contributed by atoms with Crippen molar-refractivity contribution in [1.29, 1.82) is 0 Å². The minimum atomic E-state index is 0.135. The summed E-state index contributed by atoms with van der Waals surface area (Å²) < 4.78 is 7.60. The van der Waals surface area contributed by atoms with Crippen molar-refractivity contribution in [3.63, 3.8) is 0 Å². The van der Waals surface area contributed by atoms with Gasteiger partial charge >= 0.3 is 0 Å². The molecule has 2 N–H and O–H groups in total. The lowest BCUT2D eigenvalue weighted by atomic mass is 10.2. The number of ether oxygens (including phenoxy) is 1. The Hall–Kier alpha value is -3.13. The van der Waals surface area contributed by atoms with E-state index >= 15 is 0 Å². The number of methoxy groups -OCH3 is 1. The summed E-state index contributed by atoms with van der Waals surface area (Å²) in [7, 11) is 1.63. The molecule has 1 atom stereocenters. The monoisotopic (exact) mass is 423 g/mol. The molecule has 1 aliphatic heterocycles. The predicted octanol–water partition coefficient (Wildman–Crippen LogP) is 3.72. The van der Waals surface area contributed by atoms with E-state index in [4.69, 9.17) is 17.0 Å². The average molecular weight is 424 g/mol. The highest BCUT2D eigenvalue weighted by atomic mass is 32.1. The van der Waals surface area contributed by atoms with Crippen LogP contribution in [-0.4, -0.2) is 51.8 Å². The summed E-state index contributed by atoms with van der Waals surface area (Å²) in [6.07, 6.45) is 1.33. The molecule has 1 unspecified atom stereocenters. The lowest BCUT2D eigenvalue weighted by Crippen LogP contribution is -2.32. The molecule has 0 aliphatic carbocycles. The molecule has 1 fully saturated rings. The van der Waals surface area contributed by atoms with Gasteiger partial charge in [-0.25, -0.2) is 0 Å². The van der Waals surface area contributed by atoms with E-state index in [1.807, 2.05) is 64.1 Å². The fourth-order valence-corrected chi connectivity index (χ4v) is 3.95. The summed E-state index contributed by atoms with van der Waals surface area (Å²) in [5.74, 6) is 1.64. The Kier molecular flexibility index (Phi) is 6.13. The summed E-state index contributed by atoms with van der Waals surface area (Å²) in [5, 5.41) is 10.7. The minimum Gasteiger partial charge on any atom is -0.497 e. The maximum absolute atomic E-state index is 12.8. The second-order valence-corrected chi connectivity index (χ2v) is 7.70. The normalized spacial score (nSPS) is 15.9. The van der Waals surface area contributed by atoms with Gasteiger partial charge in [0.15, 0.2) is 10.6 Å². The SMILES string of the molecule is COc1ccc(-c2n[nH]c(=S)n2CCC(=O)N2CCC(Nc3ccccc3)C2)cc1. The van der Waals surface area contributed by atoms with Gasteiger partial charge in [0, 0.05) is 43.3 Å². The van der Waals surface area contributed by atoms with Crippen LogP contribution in [-0.2, 0) is 11.3 Å². The average Bonchev–Trinajstić information content (AvgIpc) is 3.39. The zero-order valence-corrected chi connectivity index (χ0v) is 17.7. The van der Waals surface area contributed by atoms with Crippen LogP contribution in [0.3, 0.4) is 0 Å². The molecule has 3 aromatic rings. The number of para-hydroxylation sites is 1. The quantitative estimate of drug-likeness (QED) is 0.567. The maximum Gasteiger partial charge on any atom is 0.224 e. The first-order valence-electron chi connectivity index (χ1n) is 10.0. The van der Waals surface area contributed by atoms with E-state index in [1.165, 1.54) is 0 Å². The molecular formula is C22H25N5O2S. The predicted molar refractivity (Wildman–Crippen MR) is 119 cm³/mol. The summed E-state index contributed by atoms with van der Waals surface area (Å²) in [5.41, 5.74) is 2.01. The highest BCUT2D eigenvalue weighted by molar-refractivity contribution is 7.71. The van der Waals surface area contributed by atoms with Gasteiger partial charge in [-0.3, -0.25) is 14.5 Å². The molecule has 1 amide bonds. The number of benzene rings is 2.